The van der Waals surface area contributed by atoms with Crippen molar-refractivity contribution in [3.8, 4) is 0 Å². The second-order valence-corrected chi connectivity index (χ2v) is 4.71. The Kier molecular flexibility index (Phi) is 6.45. The summed E-state index contributed by atoms with van der Waals surface area (Å²) in [4.78, 5) is 0. The Balaban J connectivity index is 0.000000671. The highest BCUT2D eigenvalue weighted by Gasteiger charge is 2.29. The standard InChI is InChI=1S/C11H22.C2H6/c1-8(2)11-9(3)6-5-7-10(11)4;1-2/h8-11H,5-7H2,1-4H3;1-2H3. The Bertz CT molecular complexity index is 105. The van der Waals surface area contributed by atoms with Crippen molar-refractivity contribution < 1.29 is 0 Å². The molecule has 0 saturated heterocycles. The van der Waals surface area contributed by atoms with Crippen LogP contribution in [0.2, 0.25) is 0 Å². The molecule has 80 valence electrons. The molecule has 0 heteroatoms. The summed E-state index contributed by atoms with van der Waals surface area (Å²) in [5.74, 6) is 3.82. The van der Waals surface area contributed by atoms with Crippen LogP contribution >= 0.6 is 0 Å². The molecular weight excluding hydrogens is 156 g/mol. The lowest BCUT2D eigenvalue weighted by atomic mass is 9.69. The zero-order chi connectivity index (χ0) is 10.4. The fourth-order valence-corrected chi connectivity index (χ4v) is 3.02. The Morgan fingerprint density at radius 2 is 1.31 bits per heavy atom. The lowest BCUT2D eigenvalue weighted by Gasteiger charge is -2.37. The molecule has 0 N–H and O–H groups in total. The monoisotopic (exact) mass is 184 g/mol. The molecule has 1 fully saturated rings. The molecule has 1 aliphatic carbocycles. The predicted molar refractivity (Wildman–Crippen MR) is 61.9 cm³/mol. The van der Waals surface area contributed by atoms with Crippen LogP contribution in [-0.4, -0.2) is 0 Å². The van der Waals surface area contributed by atoms with Gasteiger partial charge in [-0.15, -0.1) is 0 Å². The van der Waals surface area contributed by atoms with Gasteiger partial charge >= 0.3 is 0 Å². The molecule has 0 heterocycles. The molecular formula is C13H28. The van der Waals surface area contributed by atoms with E-state index in [2.05, 4.69) is 27.7 Å². The van der Waals surface area contributed by atoms with E-state index in [1.54, 1.807) is 0 Å². The molecule has 0 aliphatic heterocycles. The fourth-order valence-electron chi connectivity index (χ4n) is 3.02. The molecule has 0 nitrogen and oxygen atoms in total. The molecule has 1 rings (SSSR count). The lowest BCUT2D eigenvalue weighted by molar-refractivity contribution is 0.129. The molecule has 0 aromatic heterocycles. The van der Waals surface area contributed by atoms with Crippen molar-refractivity contribution in [2.75, 3.05) is 0 Å². The summed E-state index contributed by atoms with van der Waals surface area (Å²) in [6.07, 6.45) is 4.39. The third-order valence-electron chi connectivity index (χ3n) is 3.40. The molecule has 1 saturated carbocycles. The smallest absolute Gasteiger partial charge is 0.0340 e. The average molecular weight is 184 g/mol. The van der Waals surface area contributed by atoms with Gasteiger partial charge in [0.05, 0.1) is 0 Å². The summed E-state index contributed by atoms with van der Waals surface area (Å²) >= 11 is 0. The summed E-state index contributed by atoms with van der Waals surface area (Å²) in [6, 6.07) is 0. The quantitative estimate of drug-likeness (QED) is 0.552. The minimum atomic E-state index is 0.889. The summed E-state index contributed by atoms with van der Waals surface area (Å²) < 4.78 is 0. The van der Waals surface area contributed by atoms with Crippen molar-refractivity contribution in [2.45, 2.75) is 60.8 Å². The molecule has 0 amide bonds. The molecule has 0 aromatic rings. The van der Waals surface area contributed by atoms with E-state index < -0.39 is 0 Å². The van der Waals surface area contributed by atoms with Gasteiger partial charge in [-0.1, -0.05) is 60.8 Å². The summed E-state index contributed by atoms with van der Waals surface area (Å²) in [5, 5.41) is 0. The zero-order valence-electron chi connectivity index (χ0n) is 10.4. The minimum absolute atomic E-state index is 0.889. The maximum absolute atomic E-state index is 2.43. The van der Waals surface area contributed by atoms with Crippen molar-refractivity contribution in [3.63, 3.8) is 0 Å². The van der Waals surface area contributed by atoms with Gasteiger partial charge in [0, 0.05) is 0 Å². The summed E-state index contributed by atoms with van der Waals surface area (Å²) in [6.45, 7) is 13.6. The van der Waals surface area contributed by atoms with E-state index in [1.165, 1.54) is 19.3 Å². The normalized spacial score (nSPS) is 33.9. The Labute approximate surface area is 85.1 Å². The van der Waals surface area contributed by atoms with Crippen molar-refractivity contribution in [1.29, 1.82) is 0 Å². The van der Waals surface area contributed by atoms with E-state index in [9.17, 15) is 0 Å². The molecule has 1 aliphatic rings. The highest BCUT2D eigenvalue weighted by atomic mass is 14.3. The second-order valence-electron chi connectivity index (χ2n) is 4.71. The second kappa shape index (κ2) is 6.45. The van der Waals surface area contributed by atoms with Crippen LogP contribution in [-0.2, 0) is 0 Å². The summed E-state index contributed by atoms with van der Waals surface area (Å²) in [7, 11) is 0. The molecule has 2 atom stereocenters. The van der Waals surface area contributed by atoms with Gasteiger partial charge in [0.2, 0.25) is 0 Å². The van der Waals surface area contributed by atoms with Gasteiger partial charge in [-0.3, -0.25) is 0 Å². The van der Waals surface area contributed by atoms with Gasteiger partial charge in [-0.05, 0) is 23.7 Å². The van der Waals surface area contributed by atoms with Crippen molar-refractivity contribution in [3.05, 3.63) is 0 Å². The van der Waals surface area contributed by atoms with Gasteiger partial charge < -0.3 is 0 Å². The van der Waals surface area contributed by atoms with Crippen LogP contribution < -0.4 is 0 Å². The maximum atomic E-state index is 2.43. The summed E-state index contributed by atoms with van der Waals surface area (Å²) in [5.41, 5.74) is 0. The molecule has 13 heavy (non-hydrogen) atoms. The largest absolute Gasteiger partial charge is 0.0683 e. The molecule has 0 radical (unpaired) electrons. The number of rotatable bonds is 1. The van der Waals surface area contributed by atoms with Gasteiger partial charge in [0.25, 0.3) is 0 Å². The van der Waals surface area contributed by atoms with Crippen LogP contribution in [0.4, 0.5) is 0 Å². The highest BCUT2D eigenvalue weighted by molar-refractivity contribution is 4.79. The van der Waals surface area contributed by atoms with E-state index in [-0.39, 0.29) is 0 Å². The first-order chi connectivity index (χ1) is 6.13. The average Bonchev–Trinajstić information content (AvgIpc) is 2.07. The molecule has 0 spiro atoms. The lowest BCUT2D eigenvalue weighted by Crippen LogP contribution is -2.28. The van der Waals surface area contributed by atoms with Crippen LogP contribution in [0.3, 0.4) is 0 Å². The number of hydrogen-bond acceptors (Lipinski definition) is 0. The minimum Gasteiger partial charge on any atom is -0.0683 e. The van der Waals surface area contributed by atoms with Crippen LogP contribution in [0.5, 0.6) is 0 Å². The third kappa shape index (κ3) is 3.70. The van der Waals surface area contributed by atoms with Gasteiger partial charge in [0.15, 0.2) is 0 Å². The third-order valence-corrected chi connectivity index (χ3v) is 3.40. The van der Waals surface area contributed by atoms with E-state index in [0.29, 0.717) is 0 Å². The first kappa shape index (κ1) is 13.0. The number of hydrogen-bond donors (Lipinski definition) is 0. The topological polar surface area (TPSA) is 0 Å². The first-order valence-corrected chi connectivity index (χ1v) is 6.13. The van der Waals surface area contributed by atoms with Crippen molar-refractivity contribution in [1.82, 2.24) is 0 Å². The van der Waals surface area contributed by atoms with Gasteiger partial charge in [-0.2, -0.15) is 0 Å². The predicted octanol–water partition coefficient (Wildman–Crippen LogP) is 4.74. The maximum Gasteiger partial charge on any atom is -0.0340 e. The molecule has 0 bridgehead atoms. The molecule has 0 aromatic carbocycles. The SMILES string of the molecule is CC.CC(C)C1C(C)CCCC1C. The van der Waals surface area contributed by atoms with Crippen molar-refractivity contribution in [2.24, 2.45) is 23.7 Å². The van der Waals surface area contributed by atoms with Crippen LogP contribution in [0.1, 0.15) is 60.8 Å². The zero-order valence-corrected chi connectivity index (χ0v) is 10.4. The molecule has 2 unspecified atom stereocenters. The Morgan fingerprint density at radius 3 is 1.54 bits per heavy atom. The van der Waals surface area contributed by atoms with Gasteiger partial charge in [0.1, 0.15) is 0 Å². The van der Waals surface area contributed by atoms with Crippen LogP contribution in [0, 0.1) is 23.7 Å². The van der Waals surface area contributed by atoms with E-state index in [0.717, 1.165) is 23.7 Å². The van der Waals surface area contributed by atoms with E-state index >= 15 is 0 Å². The van der Waals surface area contributed by atoms with E-state index in [1.807, 2.05) is 13.8 Å². The first-order valence-electron chi connectivity index (χ1n) is 6.13. The Hall–Kier alpha value is 0. The fraction of sp³-hybridized carbons (Fsp3) is 1.00. The van der Waals surface area contributed by atoms with Crippen LogP contribution in [0.15, 0.2) is 0 Å². The van der Waals surface area contributed by atoms with Crippen LogP contribution in [0.25, 0.3) is 0 Å². The Morgan fingerprint density at radius 1 is 0.923 bits per heavy atom. The highest BCUT2D eigenvalue weighted by Crippen LogP contribution is 2.38. The van der Waals surface area contributed by atoms with E-state index in [4.69, 9.17) is 0 Å². The van der Waals surface area contributed by atoms with Gasteiger partial charge in [-0.25, -0.2) is 0 Å². The van der Waals surface area contributed by atoms with Crippen molar-refractivity contribution >= 4 is 0 Å².